The number of nitrogens with one attached hydrogen (secondary N) is 1. The van der Waals surface area contributed by atoms with Crippen molar-refractivity contribution in [3.05, 3.63) is 78.4 Å². The van der Waals surface area contributed by atoms with Gasteiger partial charge < -0.3 is 29.4 Å². The van der Waals surface area contributed by atoms with Gasteiger partial charge in [0.2, 0.25) is 6.79 Å². The molecule has 0 saturated heterocycles. The highest BCUT2D eigenvalue weighted by atomic mass is 16.7. The molecular formula is C27H28N4O5. The summed E-state index contributed by atoms with van der Waals surface area (Å²) >= 11 is 0. The number of fused-ring (bicyclic) bond motifs is 1. The molecule has 0 amide bonds. The van der Waals surface area contributed by atoms with Crippen molar-refractivity contribution >= 4 is 5.69 Å². The standard InChI is InChI=1S/C27H28N4O5/c1-2-34-27-29-26(20-8-13-24-25(14-20)36-18-35-24)31(30-27)22-11-9-21(10-12-22)28-15-23(32)17-33-16-19-6-4-3-5-7-19/h3-14,23,28,32H,2,15-18H2,1H3/t23-/m0/s1. The summed E-state index contributed by atoms with van der Waals surface area (Å²) in [6.07, 6.45) is -0.630. The van der Waals surface area contributed by atoms with E-state index in [0.29, 0.717) is 43.1 Å². The zero-order chi connectivity index (χ0) is 24.7. The molecule has 9 nitrogen and oxygen atoms in total. The number of aromatic nitrogens is 3. The molecule has 36 heavy (non-hydrogen) atoms. The number of aliphatic hydroxyl groups excluding tert-OH is 1. The number of rotatable bonds is 11. The van der Waals surface area contributed by atoms with Crippen LogP contribution in [0.3, 0.4) is 0 Å². The van der Waals surface area contributed by atoms with Gasteiger partial charge in [-0.25, -0.2) is 4.68 Å². The second kappa shape index (κ2) is 11.1. The third-order valence-electron chi connectivity index (χ3n) is 5.57. The molecule has 1 atom stereocenters. The van der Waals surface area contributed by atoms with Crippen LogP contribution in [0.2, 0.25) is 0 Å². The number of hydrogen-bond donors (Lipinski definition) is 2. The predicted molar refractivity (Wildman–Crippen MR) is 135 cm³/mol. The van der Waals surface area contributed by atoms with E-state index in [4.69, 9.17) is 18.9 Å². The molecule has 186 valence electrons. The molecule has 0 radical (unpaired) electrons. The van der Waals surface area contributed by atoms with Crippen LogP contribution in [-0.4, -0.2) is 52.5 Å². The van der Waals surface area contributed by atoms with Gasteiger partial charge in [-0.05, 0) is 55.0 Å². The van der Waals surface area contributed by atoms with E-state index < -0.39 is 6.10 Å². The molecular weight excluding hydrogens is 460 g/mol. The molecule has 0 spiro atoms. The highest BCUT2D eigenvalue weighted by molar-refractivity contribution is 5.64. The Morgan fingerprint density at radius 3 is 2.64 bits per heavy atom. The minimum absolute atomic E-state index is 0.206. The summed E-state index contributed by atoms with van der Waals surface area (Å²) in [4.78, 5) is 4.58. The minimum atomic E-state index is -0.630. The Balaban J connectivity index is 1.23. The summed E-state index contributed by atoms with van der Waals surface area (Å²) in [5, 5.41) is 18.0. The Morgan fingerprint density at radius 1 is 1.03 bits per heavy atom. The van der Waals surface area contributed by atoms with Gasteiger partial charge in [-0.3, -0.25) is 0 Å². The molecule has 4 aromatic rings. The van der Waals surface area contributed by atoms with Crippen molar-refractivity contribution < 1.29 is 24.1 Å². The van der Waals surface area contributed by atoms with Crippen LogP contribution >= 0.6 is 0 Å². The molecule has 0 unspecified atom stereocenters. The van der Waals surface area contributed by atoms with Crippen LogP contribution < -0.4 is 19.5 Å². The average molecular weight is 489 g/mol. The fraction of sp³-hybridized carbons (Fsp3) is 0.259. The molecule has 1 aromatic heterocycles. The Morgan fingerprint density at radius 2 is 1.83 bits per heavy atom. The predicted octanol–water partition coefficient (Wildman–Crippen LogP) is 4.05. The van der Waals surface area contributed by atoms with E-state index in [-0.39, 0.29) is 13.4 Å². The van der Waals surface area contributed by atoms with Crippen LogP contribution in [0.1, 0.15) is 12.5 Å². The Kier molecular flexibility index (Phi) is 7.30. The van der Waals surface area contributed by atoms with E-state index in [1.807, 2.05) is 79.7 Å². The second-order valence-electron chi connectivity index (χ2n) is 8.21. The van der Waals surface area contributed by atoms with Crippen molar-refractivity contribution in [3.63, 3.8) is 0 Å². The monoisotopic (exact) mass is 488 g/mol. The number of aliphatic hydroxyl groups is 1. The molecule has 0 fully saturated rings. The first-order valence-electron chi connectivity index (χ1n) is 11.8. The molecule has 9 heteroatoms. The fourth-order valence-corrected chi connectivity index (χ4v) is 3.79. The number of anilines is 1. The first-order chi connectivity index (χ1) is 17.7. The van der Waals surface area contributed by atoms with Crippen molar-refractivity contribution in [1.29, 1.82) is 0 Å². The molecule has 3 aromatic carbocycles. The van der Waals surface area contributed by atoms with E-state index in [2.05, 4.69) is 15.4 Å². The van der Waals surface area contributed by atoms with Gasteiger partial charge in [0, 0.05) is 17.8 Å². The Labute approximate surface area is 209 Å². The molecule has 2 N–H and O–H groups in total. The quantitative estimate of drug-likeness (QED) is 0.326. The highest BCUT2D eigenvalue weighted by Crippen LogP contribution is 2.36. The Hall–Kier alpha value is -4.08. The zero-order valence-electron chi connectivity index (χ0n) is 20.0. The zero-order valence-corrected chi connectivity index (χ0v) is 20.0. The van der Waals surface area contributed by atoms with E-state index in [0.717, 1.165) is 22.5 Å². The van der Waals surface area contributed by atoms with Crippen LogP contribution in [0.15, 0.2) is 72.8 Å². The third kappa shape index (κ3) is 5.59. The van der Waals surface area contributed by atoms with Gasteiger partial charge in [-0.1, -0.05) is 30.3 Å². The molecule has 1 aliphatic heterocycles. The number of hydrogen-bond acceptors (Lipinski definition) is 8. The molecule has 5 rings (SSSR count). The van der Waals surface area contributed by atoms with E-state index in [1.165, 1.54) is 0 Å². The average Bonchev–Trinajstić information content (AvgIpc) is 3.55. The molecule has 0 bridgehead atoms. The summed E-state index contributed by atoms with van der Waals surface area (Å²) in [5.74, 6) is 2.01. The summed E-state index contributed by atoms with van der Waals surface area (Å²) in [7, 11) is 0. The van der Waals surface area contributed by atoms with Crippen molar-refractivity contribution in [1.82, 2.24) is 14.8 Å². The second-order valence-corrected chi connectivity index (χ2v) is 8.21. The van der Waals surface area contributed by atoms with E-state index in [9.17, 15) is 5.11 Å². The van der Waals surface area contributed by atoms with Crippen LogP contribution in [0.5, 0.6) is 17.5 Å². The van der Waals surface area contributed by atoms with Gasteiger partial charge >= 0.3 is 6.01 Å². The summed E-state index contributed by atoms with van der Waals surface area (Å²) < 4.78 is 23.9. The summed E-state index contributed by atoms with van der Waals surface area (Å²) in [5.41, 5.74) is 3.60. The molecule has 1 aliphatic rings. The maximum absolute atomic E-state index is 10.3. The van der Waals surface area contributed by atoms with Gasteiger partial charge in [-0.2, -0.15) is 4.98 Å². The van der Waals surface area contributed by atoms with Gasteiger partial charge in [-0.15, -0.1) is 5.10 Å². The van der Waals surface area contributed by atoms with Gasteiger partial charge in [0.05, 0.1) is 31.6 Å². The van der Waals surface area contributed by atoms with Crippen LogP contribution in [-0.2, 0) is 11.3 Å². The van der Waals surface area contributed by atoms with Crippen molar-refractivity contribution in [3.8, 4) is 34.6 Å². The van der Waals surface area contributed by atoms with Gasteiger partial charge in [0.25, 0.3) is 0 Å². The number of ether oxygens (including phenoxy) is 4. The Bertz CT molecular complexity index is 1280. The largest absolute Gasteiger partial charge is 0.463 e. The maximum atomic E-state index is 10.3. The summed E-state index contributed by atoms with van der Waals surface area (Å²) in [6, 6.07) is 23.6. The van der Waals surface area contributed by atoms with Crippen molar-refractivity contribution in [2.24, 2.45) is 0 Å². The molecule has 0 aliphatic carbocycles. The highest BCUT2D eigenvalue weighted by Gasteiger charge is 2.19. The SMILES string of the molecule is CCOc1nc(-c2ccc3c(c2)OCO3)n(-c2ccc(NC[C@H](O)COCc3ccccc3)cc2)n1. The fourth-order valence-electron chi connectivity index (χ4n) is 3.79. The third-order valence-corrected chi connectivity index (χ3v) is 5.57. The van der Waals surface area contributed by atoms with E-state index >= 15 is 0 Å². The van der Waals surface area contributed by atoms with Crippen LogP contribution in [0.4, 0.5) is 5.69 Å². The number of nitrogens with zero attached hydrogens (tertiary/aromatic N) is 3. The lowest BCUT2D eigenvalue weighted by molar-refractivity contribution is 0.0348. The van der Waals surface area contributed by atoms with Crippen molar-refractivity contribution in [2.45, 2.75) is 19.6 Å². The van der Waals surface area contributed by atoms with Crippen LogP contribution in [0.25, 0.3) is 17.1 Å². The lowest BCUT2D eigenvalue weighted by atomic mass is 10.2. The van der Waals surface area contributed by atoms with Crippen LogP contribution in [0, 0.1) is 0 Å². The lowest BCUT2D eigenvalue weighted by Crippen LogP contribution is -2.24. The van der Waals surface area contributed by atoms with Gasteiger partial charge in [0.15, 0.2) is 17.3 Å². The lowest BCUT2D eigenvalue weighted by Gasteiger charge is -2.14. The first kappa shape index (κ1) is 23.7. The number of benzene rings is 3. The van der Waals surface area contributed by atoms with E-state index in [1.54, 1.807) is 4.68 Å². The van der Waals surface area contributed by atoms with Crippen molar-refractivity contribution in [2.75, 3.05) is 31.9 Å². The molecule has 0 saturated carbocycles. The molecule has 2 heterocycles. The maximum Gasteiger partial charge on any atom is 0.336 e. The normalized spacial score (nSPS) is 12.9. The van der Waals surface area contributed by atoms with Gasteiger partial charge in [0.1, 0.15) is 0 Å². The topological polar surface area (TPSA) is 99.9 Å². The smallest absolute Gasteiger partial charge is 0.336 e. The minimum Gasteiger partial charge on any atom is -0.463 e. The first-order valence-corrected chi connectivity index (χ1v) is 11.8. The summed E-state index contributed by atoms with van der Waals surface area (Å²) in [6.45, 7) is 3.65.